The standard InChI is InChI=1S/C21H27N5O3/c1-25-11-13-26(14-12-25)17-8-6-16(7-9-17)23-21(28)19-5-3-4-18(24-19)20(27)22-10-15-29-2/h3-9H,10-15H2,1-2H3,(H,22,27)(H,23,28). The molecule has 1 aromatic carbocycles. The zero-order chi connectivity index (χ0) is 20.6. The van der Waals surface area contributed by atoms with Crippen LogP contribution in [0.4, 0.5) is 11.4 Å². The summed E-state index contributed by atoms with van der Waals surface area (Å²) < 4.78 is 4.90. The van der Waals surface area contributed by atoms with Gasteiger partial charge in [-0.15, -0.1) is 0 Å². The van der Waals surface area contributed by atoms with Crippen LogP contribution in [0.25, 0.3) is 0 Å². The molecule has 29 heavy (non-hydrogen) atoms. The molecule has 8 heteroatoms. The Bertz CT molecular complexity index is 832. The minimum Gasteiger partial charge on any atom is -0.383 e. The number of aromatic nitrogens is 1. The number of carbonyl (C=O) groups is 2. The van der Waals surface area contributed by atoms with E-state index in [4.69, 9.17) is 4.74 Å². The van der Waals surface area contributed by atoms with Gasteiger partial charge in [-0.3, -0.25) is 9.59 Å². The van der Waals surface area contributed by atoms with Crippen molar-refractivity contribution in [2.75, 3.05) is 63.7 Å². The van der Waals surface area contributed by atoms with Crippen LogP contribution in [-0.4, -0.2) is 75.2 Å². The van der Waals surface area contributed by atoms with Gasteiger partial charge in [0.25, 0.3) is 11.8 Å². The third-order valence-corrected chi connectivity index (χ3v) is 4.80. The molecule has 0 unspecified atom stereocenters. The highest BCUT2D eigenvalue weighted by molar-refractivity contribution is 6.03. The maximum Gasteiger partial charge on any atom is 0.274 e. The number of amides is 2. The van der Waals surface area contributed by atoms with E-state index in [1.807, 2.05) is 24.3 Å². The van der Waals surface area contributed by atoms with E-state index in [2.05, 4.69) is 32.5 Å². The molecule has 0 aliphatic carbocycles. The molecule has 3 rings (SSSR count). The first-order valence-electron chi connectivity index (χ1n) is 9.66. The van der Waals surface area contributed by atoms with Crippen molar-refractivity contribution in [3.05, 3.63) is 53.9 Å². The summed E-state index contributed by atoms with van der Waals surface area (Å²) in [5, 5.41) is 5.52. The quantitative estimate of drug-likeness (QED) is 0.688. The Hall–Kier alpha value is -2.97. The number of carbonyl (C=O) groups excluding carboxylic acids is 2. The number of pyridine rings is 1. The topological polar surface area (TPSA) is 86.8 Å². The van der Waals surface area contributed by atoms with E-state index < -0.39 is 0 Å². The summed E-state index contributed by atoms with van der Waals surface area (Å²) in [5.41, 5.74) is 2.21. The molecule has 2 aromatic rings. The number of hydrogen-bond acceptors (Lipinski definition) is 6. The van der Waals surface area contributed by atoms with Crippen LogP contribution < -0.4 is 15.5 Å². The molecular formula is C21H27N5O3. The van der Waals surface area contributed by atoms with E-state index >= 15 is 0 Å². The highest BCUT2D eigenvalue weighted by atomic mass is 16.5. The highest BCUT2D eigenvalue weighted by Crippen LogP contribution is 2.19. The molecule has 1 aromatic heterocycles. The molecular weight excluding hydrogens is 370 g/mol. The Kier molecular flexibility index (Phi) is 7.15. The molecule has 154 valence electrons. The molecule has 2 N–H and O–H groups in total. The summed E-state index contributed by atoms with van der Waals surface area (Å²) in [4.78, 5) is 33.4. The average molecular weight is 397 g/mol. The van der Waals surface area contributed by atoms with Gasteiger partial charge in [0.15, 0.2) is 0 Å². The first kappa shape index (κ1) is 20.8. The third-order valence-electron chi connectivity index (χ3n) is 4.80. The van der Waals surface area contributed by atoms with Crippen molar-refractivity contribution in [1.29, 1.82) is 0 Å². The fourth-order valence-corrected chi connectivity index (χ4v) is 3.06. The van der Waals surface area contributed by atoms with Gasteiger partial charge in [-0.25, -0.2) is 4.98 Å². The second kappa shape index (κ2) is 9.99. The van der Waals surface area contributed by atoms with Crippen molar-refractivity contribution in [3.8, 4) is 0 Å². The summed E-state index contributed by atoms with van der Waals surface area (Å²) in [6.45, 7) is 4.86. The van der Waals surface area contributed by atoms with Crippen molar-refractivity contribution >= 4 is 23.2 Å². The lowest BCUT2D eigenvalue weighted by Crippen LogP contribution is -2.44. The number of nitrogens with one attached hydrogen (secondary N) is 2. The van der Waals surface area contributed by atoms with Crippen molar-refractivity contribution in [1.82, 2.24) is 15.2 Å². The van der Waals surface area contributed by atoms with Gasteiger partial charge >= 0.3 is 0 Å². The number of anilines is 2. The van der Waals surface area contributed by atoms with E-state index in [0.717, 1.165) is 31.9 Å². The minimum absolute atomic E-state index is 0.188. The fourth-order valence-electron chi connectivity index (χ4n) is 3.06. The summed E-state index contributed by atoms with van der Waals surface area (Å²) in [6.07, 6.45) is 0. The molecule has 0 atom stereocenters. The predicted octanol–water partition coefficient (Wildman–Crippen LogP) is 1.46. The lowest BCUT2D eigenvalue weighted by atomic mass is 10.2. The van der Waals surface area contributed by atoms with E-state index in [-0.39, 0.29) is 23.2 Å². The van der Waals surface area contributed by atoms with Crippen LogP contribution in [0.5, 0.6) is 0 Å². The van der Waals surface area contributed by atoms with Crippen LogP contribution >= 0.6 is 0 Å². The molecule has 2 amide bonds. The van der Waals surface area contributed by atoms with E-state index in [1.165, 1.54) is 0 Å². The van der Waals surface area contributed by atoms with Crippen LogP contribution in [0.2, 0.25) is 0 Å². The number of rotatable bonds is 7. The summed E-state index contributed by atoms with van der Waals surface area (Å²) >= 11 is 0. The van der Waals surface area contributed by atoms with Crippen LogP contribution in [0, 0.1) is 0 Å². The van der Waals surface area contributed by atoms with Crippen molar-refractivity contribution < 1.29 is 14.3 Å². The van der Waals surface area contributed by atoms with E-state index in [1.54, 1.807) is 25.3 Å². The van der Waals surface area contributed by atoms with Gasteiger partial charge in [-0.2, -0.15) is 0 Å². The van der Waals surface area contributed by atoms with Crippen molar-refractivity contribution in [3.63, 3.8) is 0 Å². The van der Waals surface area contributed by atoms with Gasteiger partial charge in [-0.1, -0.05) is 6.07 Å². The van der Waals surface area contributed by atoms with Gasteiger partial charge in [0.2, 0.25) is 0 Å². The summed E-state index contributed by atoms with van der Waals surface area (Å²) in [5.74, 6) is -0.697. The Morgan fingerprint density at radius 2 is 1.66 bits per heavy atom. The summed E-state index contributed by atoms with van der Waals surface area (Å²) in [6, 6.07) is 12.6. The number of methoxy groups -OCH3 is 1. The molecule has 0 bridgehead atoms. The van der Waals surface area contributed by atoms with Gasteiger partial charge in [0.1, 0.15) is 11.4 Å². The second-order valence-electron chi connectivity index (χ2n) is 6.95. The first-order chi connectivity index (χ1) is 14.1. The first-order valence-corrected chi connectivity index (χ1v) is 9.66. The summed E-state index contributed by atoms with van der Waals surface area (Å²) in [7, 11) is 3.69. The molecule has 0 saturated carbocycles. The highest BCUT2D eigenvalue weighted by Gasteiger charge is 2.15. The SMILES string of the molecule is COCCNC(=O)c1cccc(C(=O)Nc2ccc(N3CCN(C)CC3)cc2)n1. The Morgan fingerprint density at radius 1 is 1.00 bits per heavy atom. The average Bonchev–Trinajstić information content (AvgIpc) is 2.75. The Morgan fingerprint density at radius 3 is 2.31 bits per heavy atom. The third kappa shape index (κ3) is 5.75. The Labute approximate surface area is 170 Å². The molecule has 0 radical (unpaired) electrons. The molecule has 1 fully saturated rings. The molecule has 2 heterocycles. The molecule has 0 spiro atoms. The second-order valence-corrected chi connectivity index (χ2v) is 6.95. The van der Waals surface area contributed by atoms with Gasteiger partial charge < -0.3 is 25.2 Å². The number of ether oxygens (including phenoxy) is 1. The monoisotopic (exact) mass is 397 g/mol. The van der Waals surface area contributed by atoms with Crippen LogP contribution in [-0.2, 0) is 4.74 Å². The molecule has 1 aliphatic rings. The van der Waals surface area contributed by atoms with E-state index in [0.29, 0.717) is 18.8 Å². The van der Waals surface area contributed by atoms with Gasteiger partial charge in [-0.05, 0) is 43.4 Å². The zero-order valence-electron chi connectivity index (χ0n) is 16.9. The van der Waals surface area contributed by atoms with Gasteiger partial charge in [0.05, 0.1) is 6.61 Å². The Balaban J connectivity index is 1.60. The normalized spacial score (nSPS) is 14.5. The number of piperazine rings is 1. The van der Waals surface area contributed by atoms with Crippen LogP contribution in [0.1, 0.15) is 21.0 Å². The lowest BCUT2D eigenvalue weighted by molar-refractivity contribution is 0.0932. The predicted molar refractivity (Wildman–Crippen MR) is 113 cm³/mol. The van der Waals surface area contributed by atoms with Crippen LogP contribution in [0.3, 0.4) is 0 Å². The molecule has 1 saturated heterocycles. The van der Waals surface area contributed by atoms with Crippen molar-refractivity contribution in [2.45, 2.75) is 0 Å². The van der Waals surface area contributed by atoms with Crippen LogP contribution in [0.15, 0.2) is 42.5 Å². The molecule has 1 aliphatic heterocycles. The number of likely N-dealkylation sites (N-methyl/N-ethyl adjacent to an activating group) is 1. The van der Waals surface area contributed by atoms with Gasteiger partial charge in [0, 0.05) is 51.2 Å². The molecule has 8 nitrogen and oxygen atoms in total. The minimum atomic E-state index is -0.358. The zero-order valence-corrected chi connectivity index (χ0v) is 16.9. The lowest BCUT2D eigenvalue weighted by Gasteiger charge is -2.34. The maximum atomic E-state index is 12.5. The number of hydrogen-bond donors (Lipinski definition) is 2. The van der Waals surface area contributed by atoms with E-state index in [9.17, 15) is 9.59 Å². The maximum absolute atomic E-state index is 12.5. The van der Waals surface area contributed by atoms with Crippen molar-refractivity contribution in [2.24, 2.45) is 0 Å². The smallest absolute Gasteiger partial charge is 0.274 e. The number of nitrogens with zero attached hydrogens (tertiary/aromatic N) is 3. The largest absolute Gasteiger partial charge is 0.383 e. The number of benzene rings is 1. The fraction of sp³-hybridized carbons (Fsp3) is 0.381.